The lowest BCUT2D eigenvalue weighted by Gasteiger charge is -2.34. The van der Waals surface area contributed by atoms with Gasteiger partial charge in [-0.05, 0) is 55.5 Å². The summed E-state index contributed by atoms with van der Waals surface area (Å²) in [7, 11) is 1.71. The average Bonchev–Trinajstić information content (AvgIpc) is 2.83. The second-order valence-electron chi connectivity index (χ2n) is 8.31. The molecule has 2 atom stereocenters. The van der Waals surface area contributed by atoms with Crippen molar-refractivity contribution in [1.82, 2.24) is 10.6 Å². The molecule has 0 bridgehead atoms. The van der Waals surface area contributed by atoms with Crippen molar-refractivity contribution < 1.29 is 9.47 Å². The van der Waals surface area contributed by atoms with E-state index in [1.165, 1.54) is 5.56 Å². The molecule has 158 valence electrons. The Hall–Kier alpha value is -2.39. The number of nitrogens with one attached hydrogen (secondary N) is 2. The minimum Gasteiger partial charge on any atom is -0.496 e. The van der Waals surface area contributed by atoms with Crippen molar-refractivity contribution >= 4 is 0 Å². The van der Waals surface area contributed by atoms with E-state index in [0.29, 0.717) is 31.8 Å². The highest BCUT2D eigenvalue weighted by atomic mass is 16.5. The molecule has 5 heteroatoms. The maximum absolute atomic E-state index is 9.95. The number of piperidine rings is 1. The lowest BCUT2D eigenvalue weighted by Crippen LogP contribution is -2.45. The van der Waals surface area contributed by atoms with E-state index in [-0.39, 0.29) is 0 Å². The van der Waals surface area contributed by atoms with E-state index in [9.17, 15) is 5.26 Å². The van der Waals surface area contributed by atoms with Gasteiger partial charge >= 0.3 is 0 Å². The maximum Gasteiger partial charge on any atom is 0.123 e. The molecule has 2 aliphatic heterocycles. The van der Waals surface area contributed by atoms with Gasteiger partial charge in [-0.15, -0.1) is 0 Å². The molecule has 0 aliphatic carbocycles. The summed E-state index contributed by atoms with van der Waals surface area (Å²) in [6.45, 7) is 3.04. The SMILES string of the molecule is COc1ccc(C2(C#N)CCOCC2)cc1CN[C@H]1CCCN[C@H]1c1ccccc1. The second kappa shape index (κ2) is 9.61. The van der Waals surface area contributed by atoms with E-state index in [4.69, 9.17) is 9.47 Å². The number of hydrogen-bond donors (Lipinski definition) is 2. The summed E-state index contributed by atoms with van der Waals surface area (Å²) in [4.78, 5) is 0. The first kappa shape index (κ1) is 20.9. The summed E-state index contributed by atoms with van der Waals surface area (Å²) < 4.78 is 11.2. The first-order valence-electron chi connectivity index (χ1n) is 10.9. The first-order chi connectivity index (χ1) is 14.8. The summed E-state index contributed by atoms with van der Waals surface area (Å²) >= 11 is 0. The molecule has 0 spiro atoms. The summed E-state index contributed by atoms with van der Waals surface area (Å²) in [6.07, 6.45) is 3.78. The van der Waals surface area contributed by atoms with Gasteiger partial charge in [0.25, 0.3) is 0 Å². The minimum atomic E-state index is -0.460. The standard InChI is InChI=1S/C25H31N3O2/c1-29-23-10-9-21(25(18-26)11-14-30-15-12-25)16-20(23)17-28-22-8-5-13-27-24(22)19-6-3-2-4-7-19/h2-4,6-7,9-10,16,22,24,27-28H,5,8,11-15,17H2,1H3/t22-,24-/m0/s1. The van der Waals surface area contributed by atoms with Crippen LogP contribution in [0.5, 0.6) is 5.75 Å². The summed E-state index contributed by atoms with van der Waals surface area (Å²) in [5.41, 5.74) is 3.04. The Bertz CT molecular complexity index is 872. The van der Waals surface area contributed by atoms with Crippen LogP contribution in [-0.4, -0.2) is 32.9 Å². The number of nitriles is 1. The van der Waals surface area contributed by atoms with Crippen LogP contribution in [0.3, 0.4) is 0 Å². The molecule has 0 aromatic heterocycles. The fourth-order valence-electron chi connectivity index (χ4n) is 4.76. The molecule has 0 saturated carbocycles. The van der Waals surface area contributed by atoms with Gasteiger partial charge in [0.2, 0.25) is 0 Å². The Morgan fingerprint density at radius 2 is 2.00 bits per heavy atom. The predicted octanol–water partition coefficient (Wildman–Crippen LogP) is 3.85. The quantitative estimate of drug-likeness (QED) is 0.764. The molecule has 2 aromatic carbocycles. The van der Waals surface area contributed by atoms with Crippen LogP contribution in [0.15, 0.2) is 48.5 Å². The van der Waals surface area contributed by atoms with E-state index in [0.717, 1.165) is 49.1 Å². The number of benzene rings is 2. The van der Waals surface area contributed by atoms with Gasteiger partial charge in [-0.3, -0.25) is 0 Å². The minimum absolute atomic E-state index is 0.301. The largest absolute Gasteiger partial charge is 0.496 e. The normalized spacial score (nSPS) is 23.5. The summed E-state index contributed by atoms with van der Waals surface area (Å²) in [6, 6.07) is 20.1. The van der Waals surface area contributed by atoms with Gasteiger partial charge in [-0.1, -0.05) is 36.4 Å². The molecule has 2 aliphatic rings. The number of methoxy groups -OCH3 is 1. The zero-order chi connectivity index (χ0) is 20.8. The molecule has 0 amide bonds. The van der Waals surface area contributed by atoms with Gasteiger partial charge < -0.3 is 20.1 Å². The monoisotopic (exact) mass is 405 g/mol. The highest BCUT2D eigenvalue weighted by molar-refractivity contribution is 5.43. The van der Waals surface area contributed by atoms with Gasteiger partial charge in [-0.25, -0.2) is 0 Å². The highest BCUT2D eigenvalue weighted by Gasteiger charge is 2.35. The molecule has 2 saturated heterocycles. The molecule has 0 unspecified atom stereocenters. The lowest BCUT2D eigenvalue weighted by atomic mass is 9.75. The predicted molar refractivity (Wildman–Crippen MR) is 117 cm³/mol. The Labute approximate surface area is 179 Å². The maximum atomic E-state index is 9.95. The van der Waals surface area contributed by atoms with Gasteiger partial charge in [0, 0.05) is 37.4 Å². The summed E-state index contributed by atoms with van der Waals surface area (Å²) in [5.74, 6) is 0.867. The van der Waals surface area contributed by atoms with Gasteiger partial charge in [0.15, 0.2) is 0 Å². The van der Waals surface area contributed by atoms with Crippen LogP contribution in [0.1, 0.15) is 48.4 Å². The van der Waals surface area contributed by atoms with Gasteiger partial charge in [0.1, 0.15) is 5.75 Å². The van der Waals surface area contributed by atoms with Crippen molar-refractivity contribution in [2.24, 2.45) is 0 Å². The molecule has 2 aromatic rings. The molecule has 2 N–H and O–H groups in total. The number of ether oxygens (including phenoxy) is 2. The van der Waals surface area contributed by atoms with Crippen molar-refractivity contribution in [3.05, 3.63) is 65.2 Å². The molecular formula is C25H31N3O2. The fraction of sp³-hybridized carbons (Fsp3) is 0.480. The van der Waals surface area contributed by atoms with E-state index in [2.05, 4.69) is 53.1 Å². The van der Waals surface area contributed by atoms with E-state index >= 15 is 0 Å². The molecule has 4 rings (SSSR count). The molecule has 2 fully saturated rings. The van der Waals surface area contributed by atoms with Crippen molar-refractivity contribution in [1.29, 1.82) is 5.26 Å². The zero-order valence-electron chi connectivity index (χ0n) is 17.7. The van der Waals surface area contributed by atoms with Gasteiger partial charge in [0.05, 0.1) is 18.6 Å². The second-order valence-corrected chi connectivity index (χ2v) is 8.31. The highest BCUT2D eigenvalue weighted by Crippen LogP contribution is 2.36. The molecule has 30 heavy (non-hydrogen) atoms. The van der Waals surface area contributed by atoms with Crippen LogP contribution in [0.25, 0.3) is 0 Å². The topological polar surface area (TPSA) is 66.3 Å². The Balaban J connectivity index is 1.54. The van der Waals surface area contributed by atoms with Gasteiger partial charge in [-0.2, -0.15) is 5.26 Å². The van der Waals surface area contributed by atoms with Crippen LogP contribution >= 0.6 is 0 Å². The molecule has 0 radical (unpaired) electrons. The fourth-order valence-corrected chi connectivity index (χ4v) is 4.76. The van der Waals surface area contributed by atoms with Crippen LogP contribution in [0, 0.1) is 11.3 Å². The lowest BCUT2D eigenvalue weighted by molar-refractivity contribution is 0.0675. The van der Waals surface area contributed by atoms with E-state index in [1.807, 2.05) is 12.1 Å². The molecule has 2 heterocycles. The third kappa shape index (κ3) is 4.37. The van der Waals surface area contributed by atoms with Crippen molar-refractivity contribution in [3.8, 4) is 11.8 Å². The van der Waals surface area contributed by atoms with Crippen molar-refractivity contribution in [3.63, 3.8) is 0 Å². The van der Waals surface area contributed by atoms with Crippen molar-refractivity contribution in [2.45, 2.75) is 49.7 Å². The van der Waals surface area contributed by atoms with Crippen LogP contribution < -0.4 is 15.4 Å². The molecular weight excluding hydrogens is 374 g/mol. The summed E-state index contributed by atoms with van der Waals surface area (Å²) in [5, 5.41) is 17.4. The van der Waals surface area contributed by atoms with Crippen LogP contribution in [0.4, 0.5) is 0 Å². The third-order valence-corrected chi connectivity index (χ3v) is 6.57. The van der Waals surface area contributed by atoms with E-state index < -0.39 is 5.41 Å². The molecule has 5 nitrogen and oxygen atoms in total. The Kier molecular flexibility index (Phi) is 6.69. The average molecular weight is 406 g/mol. The van der Waals surface area contributed by atoms with Crippen LogP contribution in [-0.2, 0) is 16.7 Å². The Morgan fingerprint density at radius 1 is 1.20 bits per heavy atom. The first-order valence-corrected chi connectivity index (χ1v) is 10.9. The number of hydrogen-bond acceptors (Lipinski definition) is 5. The smallest absolute Gasteiger partial charge is 0.123 e. The number of nitrogens with zero attached hydrogens (tertiary/aromatic N) is 1. The van der Waals surface area contributed by atoms with Crippen molar-refractivity contribution in [2.75, 3.05) is 26.9 Å². The third-order valence-electron chi connectivity index (χ3n) is 6.57. The van der Waals surface area contributed by atoms with Crippen LogP contribution in [0.2, 0.25) is 0 Å². The number of rotatable bonds is 6. The Morgan fingerprint density at radius 3 is 2.73 bits per heavy atom. The van der Waals surface area contributed by atoms with E-state index in [1.54, 1.807) is 7.11 Å². The zero-order valence-corrected chi connectivity index (χ0v) is 17.7.